The first-order chi connectivity index (χ1) is 8.75. The Labute approximate surface area is 118 Å². The van der Waals surface area contributed by atoms with Gasteiger partial charge in [0.05, 0.1) is 0 Å². The molecule has 100 valence electrons. The Balaban J connectivity index is 1.66. The highest BCUT2D eigenvalue weighted by Crippen LogP contribution is 2.23. The summed E-state index contributed by atoms with van der Waals surface area (Å²) >= 11 is 3.45. The zero-order chi connectivity index (χ0) is 12.8. The van der Waals surface area contributed by atoms with Crippen LogP contribution in [0.1, 0.15) is 32.6 Å². The van der Waals surface area contributed by atoms with E-state index in [1.807, 2.05) is 24.3 Å². The van der Waals surface area contributed by atoms with Crippen molar-refractivity contribution in [1.82, 2.24) is 5.32 Å². The van der Waals surface area contributed by atoms with Crippen LogP contribution in [0.25, 0.3) is 0 Å². The van der Waals surface area contributed by atoms with Crippen molar-refractivity contribution in [2.75, 3.05) is 13.2 Å². The minimum atomic E-state index is 0.685. The topological polar surface area (TPSA) is 21.3 Å². The van der Waals surface area contributed by atoms with Crippen molar-refractivity contribution in [3.8, 4) is 5.75 Å². The Hall–Kier alpha value is -0.540. The predicted octanol–water partition coefficient (Wildman–Crippen LogP) is 4.00. The Morgan fingerprint density at radius 3 is 2.94 bits per heavy atom. The van der Waals surface area contributed by atoms with Crippen molar-refractivity contribution < 1.29 is 4.74 Å². The van der Waals surface area contributed by atoms with Crippen LogP contribution in [0.2, 0.25) is 0 Å². The van der Waals surface area contributed by atoms with Gasteiger partial charge >= 0.3 is 0 Å². The van der Waals surface area contributed by atoms with Gasteiger partial charge in [0.1, 0.15) is 12.4 Å². The quantitative estimate of drug-likeness (QED) is 0.830. The summed E-state index contributed by atoms with van der Waals surface area (Å²) in [6, 6.07) is 8.69. The van der Waals surface area contributed by atoms with Crippen molar-refractivity contribution in [2.24, 2.45) is 5.92 Å². The fourth-order valence-corrected chi connectivity index (χ4v) is 2.97. The van der Waals surface area contributed by atoms with E-state index in [-0.39, 0.29) is 0 Å². The van der Waals surface area contributed by atoms with Gasteiger partial charge in [0.25, 0.3) is 0 Å². The number of hydrogen-bond donors (Lipinski definition) is 1. The molecule has 0 amide bonds. The molecule has 0 radical (unpaired) electrons. The molecule has 1 aromatic carbocycles. The zero-order valence-corrected chi connectivity index (χ0v) is 12.6. The van der Waals surface area contributed by atoms with E-state index >= 15 is 0 Å². The lowest BCUT2D eigenvalue weighted by atomic mass is 9.86. The van der Waals surface area contributed by atoms with Gasteiger partial charge in [-0.15, -0.1) is 0 Å². The van der Waals surface area contributed by atoms with Crippen LogP contribution in [-0.4, -0.2) is 19.2 Å². The third kappa shape index (κ3) is 4.29. The minimum Gasteiger partial charge on any atom is -0.492 e. The van der Waals surface area contributed by atoms with Gasteiger partial charge in [-0.3, -0.25) is 0 Å². The number of benzene rings is 1. The minimum absolute atomic E-state index is 0.685. The molecular formula is C15H22BrNO. The van der Waals surface area contributed by atoms with E-state index in [1.54, 1.807) is 0 Å². The van der Waals surface area contributed by atoms with Gasteiger partial charge in [-0.25, -0.2) is 0 Å². The smallest absolute Gasteiger partial charge is 0.120 e. The van der Waals surface area contributed by atoms with Crippen LogP contribution in [0.3, 0.4) is 0 Å². The lowest BCUT2D eigenvalue weighted by molar-refractivity contribution is 0.251. The summed E-state index contributed by atoms with van der Waals surface area (Å²) in [5, 5.41) is 3.62. The van der Waals surface area contributed by atoms with Crippen LogP contribution >= 0.6 is 15.9 Å². The van der Waals surface area contributed by atoms with Gasteiger partial charge in [-0.05, 0) is 37.0 Å². The molecule has 1 saturated carbocycles. The fraction of sp³-hybridized carbons (Fsp3) is 0.600. The maximum Gasteiger partial charge on any atom is 0.120 e. The van der Waals surface area contributed by atoms with Crippen LogP contribution in [0.5, 0.6) is 5.75 Å². The Morgan fingerprint density at radius 2 is 2.17 bits per heavy atom. The number of nitrogens with one attached hydrogen (secondary N) is 1. The first kappa shape index (κ1) is 13.9. The predicted molar refractivity (Wildman–Crippen MR) is 79.1 cm³/mol. The summed E-state index contributed by atoms with van der Waals surface area (Å²) in [4.78, 5) is 0. The average molecular weight is 312 g/mol. The molecule has 2 unspecified atom stereocenters. The van der Waals surface area contributed by atoms with Gasteiger partial charge in [-0.2, -0.15) is 0 Å². The SMILES string of the molecule is CC1CCCCC1NCCOc1cccc(Br)c1. The molecule has 2 nitrogen and oxygen atoms in total. The van der Waals surface area contributed by atoms with E-state index in [9.17, 15) is 0 Å². The average Bonchev–Trinajstić information content (AvgIpc) is 2.37. The molecule has 0 aliphatic heterocycles. The summed E-state index contributed by atoms with van der Waals surface area (Å²) in [5.74, 6) is 1.74. The largest absolute Gasteiger partial charge is 0.492 e. The standard InChI is InChI=1S/C15H22BrNO/c1-12-5-2-3-8-15(12)17-9-10-18-14-7-4-6-13(16)11-14/h4,6-7,11-12,15,17H,2-3,5,8-10H2,1H3. The zero-order valence-electron chi connectivity index (χ0n) is 11.0. The molecule has 3 heteroatoms. The third-order valence-electron chi connectivity index (χ3n) is 3.68. The van der Waals surface area contributed by atoms with Crippen LogP contribution in [0.4, 0.5) is 0 Å². The molecule has 2 rings (SSSR count). The van der Waals surface area contributed by atoms with Crippen LogP contribution < -0.4 is 10.1 Å². The molecule has 1 aromatic rings. The Bertz CT molecular complexity index is 369. The first-order valence-electron chi connectivity index (χ1n) is 6.87. The molecule has 0 aromatic heterocycles. The molecule has 1 aliphatic carbocycles. The van der Waals surface area contributed by atoms with Gasteiger partial charge in [0.15, 0.2) is 0 Å². The summed E-state index contributed by atoms with van der Waals surface area (Å²) in [6.07, 6.45) is 5.45. The van der Waals surface area contributed by atoms with Crippen LogP contribution in [0, 0.1) is 5.92 Å². The third-order valence-corrected chi connectivity index (χ3v) is 4.18. The number of rotatable bonds is 5. The van der Waals surface area contributed by atoms with E-state index in [0.717, 1.165) is 29.3 Å². The Kier molecular flexibility index (Phi) is 5.51. The summed E-state index contributed by atoms with van der Waals surface area (Å²) in [5.41, 5.74) is 0. The van der Waals surface area contributed by atoms with Gasteiger partial charge < -0.3 is 10.1 Å². The molecular weight excluding hydrogens is 290 g/mol. The van der Waals surface area contributed by atoms with E-state index in [0.29, 0.717) is 6.04 Å². The van der Waals surface area contributed by atoms with E-state index < -0.39 is 0 Å². The highest BCUT2D eigenvalue weighted by molar-refractivity contribution is 9.10. The van der Waals surface area contributed by atoms with Gasteiger partial charge in [0.2, 0.25) is 0 Å². The number of halogens is 1. The molecule has 2 atom stereocenters. The molecule has 1 fully saturated rings. The fourth-order valence-electron chi connectivity index (χ4n) is 2.59. The van der Waals surface area contributed by atoms with Crippen molar-refractivity contribution in [3.05, 3.63) is 28.7 Å². The Morgan fingerprint density at radius 1 is 1.33 bits per heavy atom. The van der Waals surface area contributed by atoms with E-state index in [4.69, 9.17) is 4.74 Å². The molecule has 0 saturated heterocycles. The second kappa shape index (κ2) is 7.15. The van der Waals surface area contributed by atoms with Crippen molar-refractivity contribution in [3.63, 3.8) is 0 Å². The summed E-state index contributed by atoms with van der Waals surface area (Å²) in [7, 11) is 0. The van der Waals surface area contributed by atoms with Gasteiger partial charge in [0, 0.05) is 17.1 Å². The normalized spacial score (nSPS) is 23.9. The monoisotopic (exact) mass is 311 g/mol. The van der Waals surface area contributed by atoms with E-state index in [2.05, 4.69) is 28.2 Å². The second-order valence-electron chi connectivity index (χ2n) is 5.13. The molecule has 18 heavy (non-hydrogen) atoms. The summed E-state index contributed by atoms with van der Waals surface area (Å²) < 4.78 is 6.78. The second-order valence-corrected chi connectivity index (χ2v) is 6.04. The molecule has 0 spiro atoms. The van der Waals surface area contributed by atoms with Crippen molar-refractivity contribution in [1.29, 1.82) is 0 Å². The first-order valence-corrected chi connectivity index (χ1v) is 7.67. The number of hydrogen-bond acceptors (Lipinski definition) is 2. The lowest BCUT2D eigenvalue weighted by Gasteiger charge is -2.29. The van der Waals surface area contributed by atoms with E-state index in [1.165, 1.54) is 25.7 Å². The van der Waals surface area contributed by atoms with Crippen LogP contribution in [-0.2, 0) is 0 Å². The molecule has 1 aliphatic rings. The van der Waals surface area contributed by atoms with Crippen molar-refractivity contribution in [2.45, 2.75) is 38.6 Å². The maximum atomic E-state index is 5.72. The summed E-state index contributed by atoms with van der Waals surface area (Å²) in [6.45, 7) is 4.02. The molecule has 0 bridgehead atoms. The van der Waals surface area contributed by atoms with Crippen LogP contribution in [0.15, 0.2) is 28.7 Å². The molecule has 0 heterocycles. The lowest BCUT2D eigenvalue weighted by Crippen LogP contribution is -2.39. The number of ether oxygens (including phenoxy) is 1. The molecule has 1 N–H and O–H groups in total. The van der Waals surface area contributed by atoms with Crippen molar-refractivity contribution >= 4 is 15.9 Å². The maximum absolute atomic E-state index is 5.72. The van der Waals surface area contributed by atoms with Gasteiger partial charge in [-0.1, -0.05) is 41.8 Å². The highest BCUT2D eigenvalue weighted by Gasteiger charge is 2.20. The highest BCUT2D eigenvalue weighted by atomic mass is 79.9.